The quantitative estimate of drug-likeness (QED) is 0.889. The van der Waals surface area contributed by atoms with E-state index in [1.165, 1.54) is 17.2 Å². The SMILES string of the molecule is Cc1cc(C(=O)O)nc(N2Cc3ccccc3C2)n1. The smallest absolute Gasteiger partial charge is 0.354 e. The summed E-state index contributed by atoms with van der Waals surface area (Å²) in [6.07, 6.45) is 0. The van der Waals surface area contributed by atoms with E-state index in [1.54, 1.807) is 6.92 Å². The zero-order valence-corrected chi connectivity index (χ0v) is 10.5. The molecule has 0 saturated carbocycles. The molecule has 0 amide bonds. The summed E-state index contributed by atoms with van der Waals surface area (Å²) in [6.45, 7) is 3.22. The van der Waals surface area contributed by atoms with Crippen molar-refractivity contribution >= 4 is 11.9 Å². The third-order valence-corrected chi connectivity index (χ3v) is 3.19. The van der Waals surface area contributed by atoms with Crippen LogP contribution < -0.4 is 4.90 Å². The lowest BCUT2D eigenvalue weighted by Gasteiger charge is -2.15. The van der Waals surface area contributed by atoms with Crippen molar-refractivity contribution in [2.45, 2.75) is 20.0 Å². The zero-order chi connectivity index (χ0) is 13.4. The molecule has 0 spiro atoms. The van der Waals surface area contributed by atoms with Crippen molar-refractivity contribution in [3.05, 3.63) is 52.8 Å². The van der Waals surface area contributed by atoms with Gasteiger partial charge in [0.2, 0.25) is 5.95 Å². The number of anilines is 1. The summed E-state index contributed by atoms with van der Waals surface area (Å²) in [6, 6.07) is 9.63. The predicted octanol–water partition coefficient (Wildman–Crippen LogP) is 2.00. The first-order valence-electron chi connectivity index (χ1n) is 6.04. The Kier molecular flexibility index (Phi) is 2.67. The monoisotopic (exact) mass is 255 g/mol. The number of aromatic carboxylic acids is 1. The molecule has 0 unspecified atom stereocenters. The predicted molar refractivity (Wildman–Crippen MR) is 70.1 cm³/mol. The van der Waals surface area contributed by atoms with Gasteiger partial charge in [0.1, 0.15) is 0 Å². The van der Waals surface area contributed by atoms with Crippen LogP contribution in [-0.2, 0) is 13.1 Å². The van der Waals surface area contributed by atoms with Gasteiger partial charge in [-0.2, -0.15) is 0 Å². The minimum Gasteiger partial charge on any atom is -0.477 e. The molecule has 0 fully saturated rings. The standard InChI is InChI=1S/C14H13N3O2/c1-9-6-12(13(18)19)16-14(15-9)17-7-10-4-2-3-5-11(10)8-17/h2-6H,7-8H2,1H3,(H,18,19). The summed E-state index contributed by atoms with van der Waals surface area (Å²) in [7, 11) is 0. The van der Waals surface area contributed by atoms with Gasteiger partial charge in [0.25, 0.3) is 0 Å². The van der Waals surface area contributed by atoms with Crippen LogP contribution in [0.4, 0.5) is 5.95 Å². The molecule has 0 radical (unpaired) electrons. The van der Waals surface area contributed by atoms with Gasteiger partial charge in [-0.15, -0.1) is 0 Å². The Labute approximate surface area is 110 Å². The van der Waals surface area contributed by atoms with E-state index in [9.17, 15) is 4.79 Å². The number of hydrogen-bond acceptors (Lipinski definition) is 4. The third kappa shape index (κ3) is 2.14. The lowest BCUT2D eigenvalue weighted by atomic mass is 10.1. The number of nitrogens with zero attached hydrogens (tertiary/aromatic N) is 3. The van der Waals surface area contributed by atoms with Gasteiger partial charge >= 0.3 is 5.97 Å². The Morgan fingerprint density at radius 2 is 1.84 bits per heavy atom. The Hall–Kier alpha value is -2.43. The number of aromatic nitrogens is 2. The first-order valence-corrected chi connectivity index (χ1v) is 6.04. The second-order valence-electron chi connectivity index (χ2n) is 4.62. The number of benzene rings is 1. The number of aryl methyl sites for hydroxylation is 1. The number of rotatable bonds is 2. The van der Waals surface area contributed by atoms with Crippen LogP contribution in [0, 0.1) is 6.92 Å². The van der Waals surface area contributed by atoms with Gasteiger partial charge < -0.3 is 10.0 Å². The lowest BCUT2D eigenvalue weighted by molar-refractivity contribution is 0.0690. The van der Waals surface area contributed by atoms with Crippen molar-refractivity contribution < 1.29 is 9.90 Å². The van der Waals surface area contributed by atoms with E-state index < -0.39 is 5.97 Å². The maximum Gasteiger partial charge on any atom is 0.354 e. The number of carbonyl (C=O) groups is 1. The molecular formula is C14H13N3O2. The van der Waals surface area contributed by atoms with Gasteiger partial charge in [-0.1, -0.05) is 24.3 Å². The molecule has 5 heteroatoms. The average molecular weight is 255 g/mol. The summed E-state index contributed by atoms with van der Waals surface area (Å²) in [4.78, 5) is 21.5. The number of carboxylic acids is 1. The van der Waals surface area contributed by atoms with Crippen LogP contribution in [0.1, 0.15) is 27.3 Å². The van der Waals surface area contributed by atoms with Crippen LogP contribution in [0.15, 0.2) is 30.3 Å². The van der Waals surface area contributed by atoms with Crippen LogP contribution in [0.25, 0.3) is 0 Å². The van der Waals surface area contributed by atoms with Crippen molar-refractivity contribution in [1.82, 2.24) is 9.97 Å². The molecule has 0 atom stereocenters. The Balaban J connectivity index is 1.95. The van der Waals surface area contributed by atoms with Crippen LogP contribution in [0.2, 0.25) is 0 Å². The van der Waals surface area contributed by atoms with Crippen molar-refractivity contribution in [1.29, 1.82) is 0 Å². The van der Waals surface area contributed by atoms with E-state index in [-0.39, 0.29) is 5.69 Å². The fourth-order valence-electron chi connectivity index (χ4n) is 2.28. The highest BCUT2D eigenvalue weighted by atomic mass is 16.4. The van der Waals surface area contributed by atoms with Gasteiger partial charge in [-0.3, -0.25) is 0 Å². The second kappa shape index (κ2) is 4.35. The van der Waals surface area contributed by atoms with Crippen molar-refractivity contribution in [3.8, 4) is 0 Å². The molecule has 0 saturated heterocycles. The van der Waals surface area contributed by atoms with Gasteiger partial charge in [-0.25, -0.2) is 14.8 Å². The zero-order valence-electron chi connectivity index (χ0n) is 10.5. The van der Waals surface area contributed by atoms with Crippen LogP contribution in [0.5, 0.6) is 0 Å². The van der Waals surface area contributed by atoms with E-state index >= 15 is 0 Å². The van der Waals surface area contributed by atoms with Gasteiger partial charge in [0.15, 0.2) is 5.69 Å². The fourth-order valence-corrected chi connectivity index (χ4v) is 2.28. The van der Waals surface area contributed by atoms with Crippen molar-refractivity contribution in [2.24, 2.45) is 0 Å². The van der Waals surface area contributed by atoms with Gasteiger partial charge in [0.05, 0.1) is 0 Å². The molecule has 2 aromatic rings. The highest BCUT2D eigenvalue weighted by Crippen LogP contribution is 2.25. The molecule has 1 aliphatic heterocycles. The molecular weight excluding hydrogens is 242 g/mol. The summed E-state index contributed by atoms with van der Waals surface area (Å²) >= 11 is 0. The van der Waals surface area contributed by atoms with Crippen LogP contribution in [-0.4, -0.2) is 21.0 Å². The highest BCUT2D eigenvalue weighted by molar-refractivity contribution is 5.85. The molecule has 5 nitrogen and oxygen atoms in total. The minimum atomic E-state index is -1.02. The summed E-state index contributed by atoms with van der Waals surface area (Å²) in [5, 5.41) is 9.04. The lowest BCUT2D eigenvalue weighted by Crippen LogP contribution is -2.19. The van der Waals surface area contributed by atoms with Crippen molar-refractivity contribution in [3.63, 3.8) is 0 Å². The van der Waals surface area contributed by atoms with E-state index in [2.05, 4.69) is 22.1 Å². The van der Waals surface area contributed by atoms with Crippen molar-refractivity contribution in [2.75, 3.05) is 4.90 Å². The molecule has 96 valence electrons. The first-order chi connectivity index (χ1) is 9.13. The molecule has 1 aromatic heterocycles. The maximum absolute atomic E-state index is 11.0. The van der Waals surface area contributed by atoms with Gasteiger partial charge in [-0.05, 0) is 24.1 Å². The molecule has 1 aliphatic rings. The second-order valence-corrected chi connectivity index (χ2v) is 4.62. The minimum absolute atomic E-state index is 0.0402. The van der Waals surface area contributed by atoms with E-state index in [4.69, 9.17) is 5.11 Å². The molecule has 1 aromatic carbocycles. The first kappa shape index (κ1) is 11.6. The van der Waals surface area contributed by atoms with Crippen LogP contribution in [0.3, 0.4) is 0 Å². The van der Waals surface area contributed by atoms with Gasteiger partial charge in [0, 0.05) is 18.8 Å². The maximum atomic E-state index is 11.0. The Morgan fingerprint density at radius 1 is 1.21 bits per heavy atom. The average Bonchev–Trinajstić information content (AvgIpc) is 2.81. The molecule has 3 rings (SSSR count). The fraction of sp³-hybridized carbons (Fsp3) is 0.214. The number of fused-ring (bicyclic) bond motifs is 1. The Bertz CT molecular complexity index is 630. The van der Waals surface area contributed by atoms with Crippen LogP contribution >= 0.6 is 0 Å². The number of hydrogen-bond donors (Lipinski definition) is 1. The molecule has 0 bridgehead atoms. The van der Waals surface area contributed by atoms with E-state index in [0.717, 1.165) is 13.1 Å². The summed E-state index contributed by atoms with van der Waals surface area (Å²) in [5.74, 6) is -0.544. The summed E-state index contributed by atoms with van der Waals surface area (Å²) < 4.78 is 0. The van der Waals surface area contributed by atoms with E-state index in [0.29, 0.717) is 11.6 Å². The molecule has 0 aliphatic carbocycles. The highest BCUT2D eigenvalue weighted by Gasteiger charge is 2.21. The van der Waals surface area contributed by atoms with E-state index in [1.807, 2.05) is 17.0 Å². The number of carboxylic acid groups (broad SMARTS) is 1. The molecule has 19 heavy (non-hydrogen) atoms. The largest absolute Gasteiger partial charge is 0.477 e. The summed E-state index contributed by atoms with van der Waals surface area (Å²) in [5.41, 5.74) is 3.19. The normalized spacial score (nSPS) is 13.4. The Morgan fingerprint density at radius 3 is 2.42 bits per heavy atom. The topological polar surface area (TPSA) is 66.3 Å². The molecule has 1 N–H and O–H groups in total. The third-order valence-electron chi connectivity index (χ3n) is 3.19. The molecule has 2 heterocycles.